The summed E-state index contributed by atoms with van der Waals surface area (Å²) in [6.45, 7) is 12.9. The molecule has 0 aromatic rings. The summed E-state index contributed by atoms with van der Waals surface area (Å²) < 4.78 is 5.35. The molecular formula is C32H55N5O6. The SMILES string of the molecule is COCC(NC(=O)N[C@H](C(=O)N1CC(C(C)C)CC1C(=O)NC(CC1CC1)C(=O)C(N)=O)C1(C)CCCCC1)C(C)(C)C. The molecule has 244 valence electrons. The second-order valence-electron chi connectivity index (χ2n) is 14.9. The monoisotopic (exact) mass is 605 g/mol. The van der Waals surface area contributed by atoms with Gasteiger partial charge in [0.2, 0.25) is 17.6 Å². The zero-order chi connectivity index (χ0) is 32.1. The topological polar surface area (TPSA) is 160 Å². The van der Waals surface area contributed by atoms with E-state index in [1.807, 2.05) is 27.7 Å². The van der Waals surface area contributed by atoms with E-state index in [1.54, 1.807) is 12.0 Å². The Morgan fingerprint density at radius 3 is 2.14 bits per heavy atom. The molecule has 1 saturated heterocycles. The summed E-state index contributed by atoms with van der Waals surface area (Å²) in [6.07, 6.45) is 7.21. The molecular weight excluding hydrogens is 550 g/mol. The zero-order valence-electron chi connectivity index (χ0n) is 27.3. The summed E-state index contributed by atoms with van der Waals surface area (Å²) in [6, 6.07) is -3.39. The van der Waals surface area contributed by atoms with Gasteiger partial charge in [-0.25, -0.2) is 4.79 Å². The number of ketones is 1. The fraction of sp³-hybridized carbons (Fsp3) is 0.844. The number of amides is 5. The minimum absolute atomic E-state index is 0.0639. The number of likely N-dealkylation sites (tertiary alicyclic amines) is 1. The molecule has 3 fully saturated rings. The van der Waals surface area contributed by atoms with Crippen molar-refractivity contribution in [1.29, 1.82) is 0 Å². The maximum absolute atomic E-state index is 14.5. The molecule has 0 spiro atoms. The molecule has 43 heavy (non-hydrogen) atoms. The first-order chi connectivity index (χ1) is 20.1. The molecule has 11 nitrogen and oxygen atoms in total. The second kappa shape index (κ2) is 14.4. The molecule has 5 amide bonds. The largest absolute Gasteiger partial charge is 0.383 e. The van der Waals surface area contributed by atoms with Crippen molar-refractivity contribution in [3.63, 3.8) is 0 Å². The number of hydrogen-bond donors (Lipinski definition) is 4. The van der Waals surface area contributed by atoms with Crippen molar-refractivity contribution in [1.82, 2.24) is 20.9 Å². The van der Waals surface area contributed by atoms with Crippen molar-refractivity contribution in [3.8, 4) is 0 Å². The van der Waals surface area contributed by atoms with Crippen LogP contribution in [0.4, 0.5) is 4.79 Å². The van der Waals surface area contributed by atoms with Crippen LogP contribution < -0.4 is 21.7 Å². The lowest BCUT2D eigenvalue weighted by Gasteiger charge is -2.42. The number of urea groups is 1. The lowest BCUT2D eigenvalue weighted by Crippen LogP contribution is -2.62. The maximum Gasteiger partial charge on any atom is 0.315 e. The first-order valence-electron chi connectivity index (χ1n) is 16.1. The molecule has 3 aliphatic rings. The van der Waals surface area contributed by atoms with Gasteiger partial charge >= 0.3 is 6.03 Å². The Morgan fingerprint density at radius 2 is 1.63 bits per heavy atom. The molecule has 4 unspecified atom stereocenters. The van der Waals surface area contributed by atoms with Gasteiger partial charge in [-0.3, -0.25) is 19.2 Å². The first kappa shape index (κ1) is 34.8. The first-order valence-corrected chi connectivity index (χ1v) is 16.1. The van der Waals surface area contributed by atoms with Gasteiger partial charge in [0, 0.05) is 13.7 Å². The number of hydrogen-bond acceptors (Lipinski definition) is 6. The van der Waals surface area contributed by atoms with E-state index in [0.717, 1.165) is 44.9 Å². The number of carbonyl (C=O) groups excluding carboxylic acids is 5. The molecule has 11 heteroatoms. The van der Waals surface area contributed by atoms with Gasteiger partial charge < -0.3 is 31.3 Å². The van der Waals surface area contributed by atoms with Crippen molar-refractivity contribution in [2.45, 2.75) is 123 Å². The van der Waals surface area contributed by atoms with Crippen molar-refractivity contribution >= 4 is 29.5 Å². The van der Waals surface area contributed by atoms with Gasteiger partial charge in [0.1, 0.15) is 12.1 Å². The van der Waals surface area contributed by atoms with E-state index in [2.05, 4.69) is 29.8 Å². The number of methoxy groups -OCH3 is 1. The number of ether oxygens (including phenoxy) is 1. The molecule has 0 aromatic carbocycles. The molecule has 2 saturated carbocycles. The fourth-order valence-electron chi connectivity index (χ4n) is 6.56. The van der Waals surface area contributed by atoms with Crippen LogP contribution in [0.3, 0.4) is 0 Å². The number of nitrogens with zero attached hydrogens (tertiary/aromatic N) is 1. The van der Waals surface area contributed by atoms with Gasteiger partial charge in [-0.2, -0.15) is 0 Å². The zero-order valence-corrected chi connectivity index (χ0v) is 27.3. The van der Waals surface area contributed by atoms with E-state index >= 15 is 0 Å². The van der Waals surface area contributed by atoms with Crippen LogP contribution in [0.15, 0.2) is 0 Å². The highest BCUT2D eigenvalue weighted by atomic mass is 16.5. The maximum atomic E-state index is 14.5. The number of primary amides is 1. The fourth-order valence-corrected chi connectivity index (χ4v) is 6.56. The third-order valence-corrected chi connectivity index (χ3v) is 9.90. The van der Waals surface area contributed by atoms with Gasteiger partial charge in [-0.1, -0.05) is 73.6 Å². The highest BCUT2D eigenvalue weighted by molar-refractivity contribution is 6.37. The van der Waals surface area contributed by atoms with Crippen LogP contribution >= 0.6 is 0 Å². The summed E-state index contributed by atoms with van der Waals surface area (Å²) in [5, 5.41) is 8.84. The van der Waals surface area contributed by atoms with E-state index in [9.17, 15) is 24.0 Å². The van der Waals surface area contributed by atoms with Crippen LogP contribution in [0.25, 0.3) is 0 Å². The second-order valence-corrected chi connectivity index (χ2v) is 14.9. The third kappa shape index (κ3) is 9.16. The molecule has 3 rings (SSSR count). The van der Waals surface area contributed by atoms with Gasteiger partial charge in [0.25, 0.3) is 5.91 Å². The molecule has 0 bridgehead atoms. The smallest absolute Gasteiger partial charge is 0.315 e. The molecule has 5 atom stereocenters. The summed E-state index contributed by atoms with van der Waals surface area (Å²) >= 11 is 0. The van der Waals surface area contributed by atoms with Gasteiger partial charge in [-0.15, -0.1) is 0 Å². The predicted octanol–water partition coefficient (Wildman–Crippen LogP) is 2.90. The predicted molar refractivity (Wildman–Crippen MR) is 164 cm³/mol. The Balaban J connectivity index is 1.88. The Hall–Kier alpha value is -2.69. The van der Waals surface area contributed by atoms with Gasteiger partial charge in [-0.05, 0) is 54.3 Å². The molecule has 1 aliphatic heterocycles. The van der Waals surface area contributed by atoms with Crippen molar-refractivity contribution < 1.29 is 28.7 Å². The Morgan fingerprint density at radius 1 is 1.00 bits per heavy atom. The van der Waals surface area contributed by atoms with Crippen LogP contribution in [-0.4, -0.2) is 78.9 Å². The number of nitrogens with one attached hydrogen (secondary N) is 3. The van der Waals surface area contributed by atoms with Crippen molar-refractivity contribution in [3.05, 3.63) is 0 Å². The van der Waals surface area contributed by atoms with Gasteiger partial charge in [0.05, 0.1) is 18.7 Å². The van der Waals surface area contributed by atoms with E-state index in [-0.39, 0.29) is 35.1 Å². The minimum atomic E-state index is -1.08. The number of Topliss-reactive ketones (excluding diaryl/α,β-unsaturated/α-hetero) is 1. The molecule has 5 N–H and O–H groups in total. The summed E-state index contributed by atoms with van der Waals surface area (Å²) in [7, 11) is 1.59. The van der Waals surface area contributed by atoms with Crippen LogP contribution in [0.2, 0.25) is 0 Å². The molecule has 0 radical (unpaired) electrons. The Labute approximate surface area is 257 Å². The lowest BCUT2D eigenvalue weighted by molar-refractivity contribution is -0.144. The third-order valence-electron chi connectivity index (χ3n) is 9.90. The highest BCUT2D eigenvalue weighted by Crippen LogP contribution is 2.41. The van der Waals surface area contributed by atoms with Crippen molar-refractivity contribution in [2.24, 2.45) is 34.3 Å². The van der Waals surface area contributed by atoms with E-state index in [0.29, 0.717) is 26.0 Å². The Kier molecular flexibility index (Phi) is 11.6. The summed E-state index contributed by atoms with van der Waals surface area (Å²) in [5.74, 6) is -2.09. The molecule has 2 aliphatic carbocycles. The Bertz CT molecular complexity index is 1030. The molecule has 0 aromatic heterocycles. The number of nitrogens with two attached hydrogens (primary N) is 1. The minimum Gasteiger partial charge on any atom is -0.383 e. The van der Waals surface area contributed by atoms with Crippen LogP contribution in [0, 0.1) is 28.6 Å². The number of rotatable bonds is 13. The van der Waals surface area contributed by atoms with Crippen LogP contribution in [0.5, 0.6) is 0 Å². The standard InChI is InChI=1S/C32H55N5O6/c1-19(2)21-16-23(28(40)34-22(15-20-11-12-20)25(38)27(33)39)37(17-21)29(41)26(32(6)13-9-8-10-14-32)36-30(42)35-24(18-43-7)31(3,4)5/h19-24,26H,8-18H2,1-7H3,(H2,33,39)(H,34,40)(H2,35,36,42)/t21?,22?,23?,24?,26-/m1/s1. The average Bonchev–Trinajstić information content (AvgIpc) is 3.63. The summed E-state index contributed by atoms with van der Waals surface area (Å²) in [4.78, 5) is 67.7. The van der Waals surface area contributed by atoms with Crippen LogP contribution in [0.1, 0.15) is 99.3 Å². The van der Waals surface area contributed by atoms with E-state index in [1.165, 1.54) is 0 Å². The van der Waals surface area contributed by atoms with Gasteiger partial charge in [0.15, 0.2) is 0 Å². The normalized spacial score (nSPS) is 24.1. The van der Waals surface area contributed by atoms with Crippen molar-refractivity contribution in [2.75, 3.05) is 20.3 Å². The quantitative estimate of drug-likeness (QED) is 0.236. The summed E-state index contributed by atoms with van der Waals surface area (Å²) in [5.41, 5.74) is 4.54. The molecule has 1 heterocycles. The van der Waals surface area contributed by atoms with E-state index in [4.69, 9.17) is 10.5 Å². The van der Waals surface area contributed by atoms with Crippen LogP contribution in [-0.2, 0) is 23.9 Å². The number of carbonyl (C=O) groups is 5. The van der Waals surface area contributed by atoms with E-state index < -0.39 is 47.2 Å². The average molecular weight is 606 g/mol. The lowest BCUT2D eigenvalue weighted by atomic mass is 9.70. The highest BCUT2D eigenvalue weighted by Gasteiger charge is 2.49.